The second kappa shape index (κ2) is 5.37. The minimum absolute atomic E-state index is 0.381. The molecule has 0 saturated carbocycles. The van der Waals surface area contributed by atoms with Crippen LogP contribution in [0.2, 0.25) is 0 Å². The van der Waals surface area contributed by atoms with Gasteiger partial charge in [-0.3, -0.25) is 0 Å². The Morgan fingerprint density at radius 2 is 2.50 bits per heavy atom. The maximum Gasteiger partial charge on any atom is 0.210 e. The van der Waals surface area contributed by atoms with Crippen molar-refractivity contribution in [3.8, 4) is 0 Å². The quantitative estimate of drug-likeness (QED) is 0.534. The van der Waals surface area contributed by atoms with E-state index in [4.69, 9.17) is 10.5 Å². The molecule has 0 fully saturated rings. The van der Waals surface area contributed by atoms with Crippen LogP contribution in [0.5, 0.6) is 0 Å². The fourth-order valence-corrected chi connectivity index (χ4v) is 1.05. The molecule has 0 radical (unpaired) electrons. The first-order valence-corrected chi connectivity index (χ1v) is 4.67. The van der Waals surface area contributed by atoms with Gasteiger partial charge in [-0.1, -0.05) is 13.3 Å². The highest BCUT2D eigenvalue weighted by atomic mass is 16.5. The predicted molar refractivity (Wildman–Crippen MR) is 54.6 cm³/mol. The fraction of sp³-hybridized carbons (Fsp3) is 0.500. The molecule has 4 nitrogen and oxygen atoms in total. The zero-order chi connectivity index (χ0) is 10.4. The zero-order valence-corrected chi connectivity index (χ0v) is 8.19. The van der Waals surface area contributed by atoms with Crippen LogP contribution in [0.15, 0.2) is 22.8 Å². The van der Waals surface area contributed by atoms with Crippen LogP contribution < -0.4 is 5.73 Å². The molecule has 76 valence electrons. The molecule has 0 amide bonds. The van der Waals surface area contributed by atoms with Gasteiger partial charge in [0, 0.05) is 6.20 Å². The van der Waals surface area contributed by atoms with Crippen molar-refractivity contribution in [2.75, 3.05) is 6.61 Å². The van der Waals surface area contributed by atoms with Crippen molar-refractivity contribution in [3.05, 3.63) is 17.8 Å². The summed E-state index contributed by atoms with van der Waals surface area (Å²) < 4.78 is 5.34. The van der Waals surface area contributed by atoms with E-state index in [0.29, 0.717) is 18.1 Å². The number of carbonyl (C=O) groups excluding carboxylic acids is 1. The molecular formula is C10H14N2O2. The highest BCUT2D eigenvalue weighted by Crippen LogP contribution is 2.08. The first-order chi connectivity index (χ1) is 6.79. The molecule has 4 heteroatoms. The maximum atomic E-state index is 10.4. The number of unbranched alkanes of at least 4 members (excludes halogenated alkanes) is 1. The summed E-state index contributed by atoms with van der Waals surface area (Å²) in [5, 5.41) is 0. The summed E-state index contributed by atoms with van der Waals surface area (Å²) >= 11 is 0. The predicted octanol–water partition coefficient (Wildman–Crippen LogP) is 0.814. The molecule has 14 heavy (non-hydrogen) atoms. The molecule has 0 bridgehead atoms. The monoisotopic (exact) mass is 194 g/mol. The Bertz CT molecular complexity index is 301. The van der Waals surface area contributed by atoms with E-state index < -0.39 is 6.04 Å². The molecular weight excluding hydrogens is 180 g/mol. The molecule has 2 N–H and O–H groups in total. The van der Waals surface area contributed by atoms with Gasteiger partial charge >= 0.3 is 0 Å². The lowest BCUT2D eigenvalue weighted by Crippen LogP contribution is -2.35. The third-order valence-electron chi connectivity index (χ3n) is 1.92. The number of nitrogens with two attached hydrogens (primary N) is 1. The van der Waals surface area contributed by atoms with E-state index in [9.17, 15) is 4.79 Å². The summed E-state index contributed by atoms with van der Waals surface area (Å²) in [6.45, 7) is 2.66. The molecule has 0 aromatic carbocycles. The lowest BCUT2D eigenvalue weighted by Gasteiger charge is -2.16. The Morgan fingerprint density at radius 3 is 3.14 bits per heavy atom. The van der Waals surface area contributed by atoms with Crippen LogP contribution >= 0.6 is 0 Å². The molecule has 1 aliphatic heterocycles. The van der Waals surface area contributed by atoms with E-state index in [1.165, 1.54) is 6.20 Å². The van der Waals surface area contributed by atoms with Crippen molar-refractivity contribution in [1.82, 2.24) is 0 Å². The second-order valence-electron chi connectivity index (χ2n) is 3.02. The summed E-state index contributed by atoms with van der Waals surface area (Å²) in [5.74, 6) is 2.17. The zero-order valence-electron chi connectivity index (χ0n) is 8.19. The van der Waals surface area contributed by atoms with Crippen molar-refractivity contribution >= 4 is 11.8 Å². The van der Waals surface area contributed by atoms with Gasteiger partial charge in [-0.25, -0.2) is 9.79 Å². The normalized spacial score (nSPS) is 20.3. The first kappa shape index (κ1) is 10.7. The lowest BCUT2D eigenvalue weighted by atomic mass is 10.1. The molecule has 1 rings (SSSR count). The molecule has 1 atom stereocenters. The summed E-state index contributed by atoms with van der Waals surface area (Å²) in [6, 6.07) is -0.561. The highest BCUT2D eigenvalue weighted by Gasteiger charge is 2.19. The van der Waals surface area contributed by atoms with Gasteiger partial charge in [0.25, 0.3) is 0 Å². The van der Waals surface area contributed by atoms with Crippen molar-refractivity contribution in [1.29, 1.82) is 0 Å². The van der Waals surface area contributed by atoms with Gasteiger partial charge in [-0.2, -0.15) is 0 Å². The van der Waals surface area contributed by atoms with E-state index in [1.54, 1.807) is 12.0 Å². The molecule has 1 heterocycles. The second-order valence-corrected chi connectivity index (χ2v) is 3.02. The number of rotatable bonds is 3. The van der Waals surface area contributed by atoms with Gasteiger partial charge < -0.3 is 10.5 Å². The number of hydrogen-bond acceptors (Lipinski definition) is 4. The smallest absolute Gasteiger partial charge is 0.210 e. The maximum absolute atomic E-state index is 10.4. The van der Waals surface area contributed by atoms with E-state index in [0.717, 1.165) is 12.8 Å². The molecule has 0 aromatic rings. The van der Waals surface area contributed by atoms with Crippen LogP contribution in [0, 0.1) is 0 Å². The SMILES string of the molecule is CCCCOC1=NC=CC(=C=O)C1N. The van der Waals surface area contributed by atoms with Gasteiger partial charge in [0.2, 0.25) is 5.90 Å². The standard InChI is InChI=1S/C10H14N2O2/c1-2-3-6-14-10-9(11)8(7-13)4-5-12-10/h4-5,9H,2-3,6,11H2,1H3. The molecule has 1 aliphatic rings. The summed E-state index contributed by atoms with van der Waals surface area (Å²) in [5.41, 5.74) is 6.09. The van der Waals surface area contributed by atoms with Crippen LogP contribution in [-0.4, -0.2) is 24.5 Å². The molecule has 0 aliphatic carbocycles. The van der Waals surface area contributed by atoms with Crippen molar-refractivity contribution in [2.45, 2.75) is 25.8 Å². The Balaban J connectivity index is 2.56. The van der Waals surface area contributed by atoms with Crippen LogP contribution in [0.25, 0.3) is 0 Å². The number of aliphatic imine (C=N–C) groups is 1. The van der Waals surface area contributed by atoms with Gasteiger partial charge in [0.05, 0.1) is 12.2 Å². The van der Waals surface area contributed by atoms with Crippen LogP contribution in [0.3, 0.4) is 0 Å². The first-order valence-electron chi connectivity index (χ1n) is 4.67. The van der Waals surface area contributed by atoms with Crippen LogP contribution in [0.1, 0.15) is 19.8 Å². The molecule has 1 unspecified atom stereocenters. The summed E-state index contributed by atoms with van der Waals surface area (Å²) in [4.78, 5) is 14.4. The minimum atomic E-state index is -0.561. The third-order valence-corrected chi connectivity index (χ3v) is 1.92. The summed E-state index contributed by atoms with van der Waals surface area (Å²) in [6.07, 6.45) is 5.06. The van der Waals surface area contributed by atoms with Crippen LogP contribution in [-0.2, 0) is 9.53 Å². The Morgan fingerprint density at radius 1 is 1.71 bits per heavy atom. The molecule has 0 aromatic heterocycles. The topological polar surface area (TPSA) is 64.7 Å². The van der Waals surface area contributed by atoms with Gasteiger partial charge in [0.15, 0.2) is 0 Å². The van der Waals surface area contributed by atoms with Crippen LogP contribution in [0.4, 0.5) is 0 Å². The minimum Gasteiger partial charge on any atom is -0.479 e. The lowest BCUT2D eigenvalue weighted by molar-refractivity contribution is 0.286. The van der Waals surface area contributed by atoms with Gasteiger partial charge in [-0.15, -0.1) is 0 Å². The highest BCUT2D eigenvalue weighted by molar-refractivity contribution is 5.90. The Kier molecular flexibility index (Phi) is 4.11. The number of nitrogens with zero attached hydrogens (tertiary/aromatic N) is 1. The fourth-order valence-electron chi connectivity index (χ4n) is 1.05. The van der Waals surface area contributed by atoms with Crippen molar-refractivity contribution in [2.24, 2.45) is 10.7 Å². The van der Waals surface area contributed by atoms with Crippen molar-refractivity contribution in [3.63, 3.8) is 0 Å². The van der Waals surface area contributed by atoms with Crippen molar-refractivity contribution < 1.29 is 9.53 Å². The van der Waals surface area contributed by atoms with E-state index in [1.807, 2.05) is 0 Å². The average molecular weight is 194 g/mol. The summed E-state index contributed by atoms with van der Waals surface area (Å²) in [7, 11) is 0. The third kappa shape index (κ3) is 2.55. The Labute approximate surface area is 83.1 Å². The average Bonchev–Trinajstić information content (AvgIpc) is 2.21. The number of hydrogen-bond donors (Lipinski definition) is 1. The van der Waals surface area contributed by atoms with E-state index in [2.05, 4.69) is 11.9 Å². The molecule has 0 spiro atoms. The van der Waals surface area contributed by atoms with Gasteiger partial charge in [-0.05, 0) is 12.5 Å². The van der Waals surface area contributed by atoms with E-state index in [-0.39, 0.29) is 0 Å². The largest absolute Gasteiger partial charge is 0.479 e. The Hall–Kier alpha value is -1.38. The number of ether oxygens (including phenoxy) is 1. The molecule has 0 saturated heterocycles. The van der Waals surface area contributed by atoms with Gasteiger partial charge in [0.1, 0.15) is 12.0 Å². The van der Waals surface area contributed by atoms with E-state index >= 15 is 0 Å².